The summed E-state index contributed by atoms with van der Waals surface area (Å²) in [5, 5.41) is 1.05. The minimum Gasteiger partial charge on any atom is -0.493 e. The fraction of sp³-hybridized carbons (Fsp3) is 0.292. The lowest BCUT2D eigenvalue weighted by Crippen LogP contribution is -2.40. The summed E-state index contributed by atoms with van der Waals surface area (Å²) in [5.74, 6) is 1.33. The molecule has 4 rings (SSSR count). The normalized spacial score (nSPS) is 14.0. The van der Waals surface area contributed by atoms with E-state index < -0.39 is 0 Å². The first-order valence-corrected chi connectivity index (χ1v) is 10.7. The molecule has 30 heavy (non-hydrogen) atoms. The number of hydrogen-bond acceptors (Lipinski definition) is 5. The van der Waals surface area contributed by atoms with E-state index in [0.29, 0.717) is 37.8 Å². The van der Waals surface area contributed by atoms with Gasteiger partial charge in [-0.2, -0.15) is 0 Å². The molecule has 0 saturated carbocycles. The summed E-state index contributed by atoms with van der Waals surface area (Å²) in [5.41, 5.74) is 3.90. The molecule has 2 aromatic carbocycles. The van der Waals surface area contributed by atoms with Crippen LogP contribution in [0.25, 0.3) is 26.8 Å². The average Bonchev–Trinajstić information content (AvgIpc) is 3.17. The number of morpholine rings is 1. The van der Waals surface area contributed by atoms with Crippen LogP contribution >= 0.6 is 11.3 Å². The van der Waals surface area contributed by atoms with Crippen LogP contribution in [0.2, 0.25) is 0 Å². The third kappa shape index (κ3) is 3.68. The Morgan fingerprint density at radius 2 is 1.80 bits per heavy atom. The van der Waals surface area contributed by atoms with Gasteiger partial charge in [-0.25, -0.2) is 0 Å². The van der Waals surface area contributed by atoms with Gasteiger partial charge in [-0.15, -0.1) is 11.3 Å². The molecule has 5 nitrogen and oxygen atoms in total. The molecule has 0 bridgehead atoms. The van der Waals surface area contributed by atoms with Gasteiger partial charge < -0.3 is 19.1 Å². The summed E-state index contributed by atoms with van der Waals surface area (Å²) in [4.78, 5) is 16.1. The number of carbonyl (C=O) groups is 1. The predicted octanol–water partition coefficient (Wildman–Crippen LogP) is 5.09. The van der Waals surface area contributed by atoms with Crippen LogP contribution in [0.3, 0.4) is 0 Å². The second-order valence-corrected chi connectivity index (χ2v) is 8.32. The van der Waals surface area contributed by atoms with Crippen LogP contribution in [0.5, 0.6) is 11.5 Å². The molecule has 1 aromatic heterocycles. The van der Waals surface area contributed by atoms with E-state index in [-0.39, 0.29) is 5.91 Å². The standard InChI is InChI=1S/C24H25NO4S/c1-15(2)16-6-8-21-18(13-16)22(17-5-7-19(27-3)20(14-17)28-4)23(30-21)24(26)25-9-11-29-12-10-25/h5-8,13-14H,1,9-12H2,2-4H3. The van der Waals surface area contributed by atoms with Gasteiger partial charge in [0.05, 0.1) is 27.4 Å². The number of rotatable bonds is 5. The maximum atomic E-state index is 13.5. The van der Waals surface area contributed by atoms with Crippen molar-refractivity contribution in [2.45, 2.75) is 6.92 Å². The molecule has 0 N–H and O–H groups in total. The maximum absolute atomic E-state index is 13.5. The zero-order valence-corrected chi connectivity index (χ0v) is 18.3. The van der Waals surface area contributed by atoms with Crippen molar-refractivity contribution in [3.05, 3.63) is 53.4 Å². The van der Waals surface area contributed by atoms with Gasteiger partial charge in [0.15, 0.2) is 11.5 Å². The predicted molar refractivity (Wildman–Crippen MR) is 122 cm³/mol. The van der Waals surface area contributed by atoms with Gasteiger partial charge >= 0.3 is 0 Å². The highest BCUT2D eigenvalue weighted by Gasteiger charge is 2.26. The van der Waals surface area contributed by atoms with Gasteiger partial charge in [0.25, 0.3) is 5.91 Å². The Morgan fingerprint density at radius 3 is 2.47 bits per heavy atom. The molecule has 1 aliphatic rings. The molecule has 1 saturated heterocycles. The van der Waals surface area contributed by atoms with E-state index in [0.717, 1.165) is 37.2 Å². The zero-order chi connectivity index (χ0) is 21.3. The number of hydrogen-bond donors (Lipinski definition) is 0. The molecular weight excluding hydrogens is 398 g/mol. The van der Waals surface area contributed by atoms with Crippen LogP contribution in [0.1, 0.15) is 22.2 Å². The lowest BCUT2D eigenvalue weighted by Gasteiger charge is -2.26. The monoisotopic (exact) mass is 423 g/mol. The first-order chi connectivity index (χ1) is 14.5. The Bertz CT molecular complexity index is 1110. The van der Waals surface area contributed by atoms with E-state index in [4.69, 9.17) is 14.2 Å². The third-order valence-electron chi connectivity index (χ3n) is 5.35. The molecule has 0 aliphatic carbocycles. The van der Waals surface area contributed by atoms with Gasteiger partial charge in [-0.1, -0.05) is 24.3 Å². The Balaban J connectivity index is 1.93. The fourth-order valence-corrected chi connectivity index (χ4v) is 4.88. The van der Waals surface area contributed by atoms with Gasteiger partial charge in [-0.05, 0) is 42.3 Å². The number of amides is 1. The van der Waals surface area contributed by atoms with Crippen molar-refractivity contribution < 1.29 is 19.0 Å². The SMILES string of the molecule is C=C(C)c1ccc2sc(C(=O)N3CCOCC3)c(-c3ccc(OC)c(OC)c3)c2c1. The van der Waals surface area contributed by atoms with Crippen molar-refractivity contribution in [2.75, 3.05) is 40.5 Å². The highest BCUT2D eigenvalue weighted by molar-refractivity contribution is 7.21. The van der Waals surface area contributed by atoms with E-state index in [2.05, 4.69) is 24.8 Å². The molecule has 1 amide bonds. The van der Waals surface area contributed by atoms with Gasteiger partial charge in [0.1, 0.15) is 4.88 Å². The number of ether oxygens (including phenoxy) is 3. The summed E-state index contributed by atoms with van der Waals surface area (Å²) >= 11 is 1.53. The summed E-state index contributed by atoms with van der Waals surface area (Å²) in [6.45, 7) is 8.42. The molecule has 1 fully saturated rings. The summed E-state index contributed by atoms with van der Waals surface area (Å²) in [6.07, 6.45) is 0. The second-order valence-electron chi connectivity index (χ2n) is 7.27. The molecule has 0 unspecified atom stereocenters. The van der Waals surface area contributed by atoms with E-state index >= 15 is 0 Å². The quantitative estimate of drug-likeness (QED) is 0.573. The van der Waals surface area contributed by atoms with Crippen molar-refractivity contribution >= 4 is 32.9 Å². The molecule has 6 heteroatoms. The Hall–Kier alpha value is -2.83. The van der Waals surface area contributed by atoms with Gasteiger partial charge in [0.2, 0.25) is 0 Å². The van der Waals surface area contributed by atoms with Crippen LogP contribution in [0.4, 0.5) is 0 Å². The molecule has 3 aromatic rings. The van der Waals surface area contributed by atoms with Crippen LogP contribution in [0.15, 0.2) is 43.0 Å². The largest absolute Gasteiger partial charge is 0.493 e. The number of nitrogens with zero attached hydrogens (tertiary/aromatic N) is 1. The Labute approximate surface area is 180 Å². The lowest BCUT2D eigenvalue weighted by molar-refractivity contribution is 0.0306. The molecule has 1 aliphatic heterocycles. The first kappa shape index (κ1) is 20.4. The number of fused-ring (bicyclic) bond motifs is 1. The summed E-state index contributed by atoms with van der Waals surface area (Å²) in [7, 11) is 3.23. The van der Waals surface area contributed by atoms with Crippen molar-refractivity contribution in [2.24, 2.45) is 0 Å². The molecule has 0 spiro atoms. The van der Waals surface area contributed by atoms with E-state index in [1.165, 1.54) is 11.3 Å². The minimum atomic E-state index is 0.0427. The Kier molecular flexibility index (Phi) is 5.79. The smallest absolute Gasteiger partial charge is 0.264 e. The number of methoxy groups -OCH3 is 2. The van der Waals surface area contributed by atoms with Crippen molar-refractivity contribution in [1.82, 2.24) is 4.90 Å². The van der Waals surface area contributed by atoms with Crippen LogP contribution in [0, 0.1) is 0 Å². The second kappa shape index (κ2) is 8.50. The molecule has 2 heterocycles. The molecule has 0 radical (unpaired) electrons. The highest BCUT2D eigenvalue weighted by atomic mass is 32.1. The number of benzene rings is 2. The van der Waals surface area contributed by atoms with Gasteiger partial charge in [-0.3, -0.25) is 4.79 Å². The number of carbonyl (C=O) groups excluding carboxylic acids is 1. The van der Waals surface area contributed by atoms with Crippen molar-refractivity contribution in [3.8, 4) is 22.6 Å². The van der Waals surface area contributed by atoms with E-state index in [1.54, 1.807) is 14.2 Å². The Morgan fingerprint density at radius 1 is 1.07 bits per heavy atom. The number of allylic oxidation sites excluding steroid dienone is 1. The third-order valence-corrected chi connectivity index (χ3v) is 6.50. The zero-order valence-electron chi connectivity index (χ0n) is 17.5. The number of thiophene rings is 1. The lowest BCUT2D eigenvalue weighted by atomic mass is 9.98. The average molecular weight is 424 g/mol. The highest BCUT2D eigenvalue weighted by Crippen LogP contribution is 2.43. The molecule has 156 valence electrons. The first-order valence-electron chi connectivity index (χ1n) is 9.85. The topological polar surface area (TPSA) is 48.0 Å². The van der Waals surface area contributed by atoms with Crippen LogP contribution in [-0.2, 0) is 4.74 Å². The molecule has 0 atom stereocenters. The summed E-state index contributed by atoms with van der Waals surface area (Å²) in [6, 6.07) is 12.0. The summed E-state index contributed by atoms with van der Waals surface area (Å²) < 4.78 is 17.4. The maximum Gasteiger partial charge on any atom is 0.264 e. The molecular formula is C24H25NO4S. The van der Waals surface area contributed by atoms with Crippen LogP contribution < -0.4 is 9.47 Å². The van der Waals surface area contributed by atoms with E-state index in [1.807, 2.05) is 30.0 Å². The van der Waals surface area contributed by atoms with E-state index in [9.17, 15) is 4.79 Å². The van der Waals surface area contributed by atoms with Crippen molar-refractivity contribution in [3.63, 3.8) is 0 Å². The fourth-order valence-electron chi connectivity index (χ4n) is 3.70. The van der Waals surface area contributed by atoms with Crippen LogP contribution in [-0.4, -0.2) is 51.3 Å². The van der Waals surface area contributed by atoms with Gasteiger partial charge in [0, 0.05) is 28.7 Å². The van der Waals surface area contributed by atoms with Crippen molar-refractivity contribution in [1.29, 1.82) is 0 Å². The minimum absolute atomic E-state index is 0.0427.